The maximum atomic E-state index is 11.3. The van der Waals surface area contributed by atoms with Gasteiger partial charge < -0.3 is 9.47 Å². The minimum Gasteiger partial charge on any atom is -0.464 e. The van der Waals surface area contributed by atoms with Crippen molar-refractivity contribution >= 4 is 10.1 Å². The van der Waals surface area contributed by atoms with Crippen molar-refractivity contribution in [3.05, 3.63) is 23.5 Å². The molecule has 1 aliphatic carbocycles. The molecule has 2 rings (SSSR count). The lowest BCUT2D eigenvalue weighted by atomic mass is 9.85. The van der Waals surface area contributed by atoms with Crippen molar-refractivity contribution in [2.24, 2.45) is 5.92 Å². The van der Waals surface area contributed by atoms with E-state index in [1.807, 2.05) is 13.8 Å². The molecule has 1 heterocycles. The van der Waals surface area contributed by atoms with Gasteiger partial charge in [-0.2, -0.15) is 8.42 Å². The molecular weight excluding hydrogens is 268 g/mol. The monoisotopic (exact) mass is 288 g/mol. The van der Waals surface area contributed by atoms with Gasteiger partial charge in [0.05, 0.1) is 6.26 Å². The van der Waals surface area contributed by atoms with Crippen molar-refractivity contribution in [1.82, 2.24) is 0 Å². The number of ether oxygens (including phenoxy) is 2. The van der Waals surface area contributed by atoms with Crippen LogP contribution in [0.3, 0.4) is 0 Å². The van der Waals surface area contributed by atoms with Crippen LogP contribution in [0.15, 0.2) is 23.5 Å². The van der Waals surface area contributed by atoms with Crippen LogP contribution in [0.5, 0.6) is 0 Å². The van der Waals surface area contributed by atoms with Gasteiger partial charge in [0.2, 0.25) is 6.29 Å². The number of rotatable bonds is 4. The fourth-order valence-corrected chi connectivity index (χ4v) is 3.33. The fraction of sp³-hybridized carbons (Fsp3) is 0.692. The van der Waals surface area contributed by atoms with Crippen LogP contribution in [0.4, 0.5) is 0 Å². The van der Waals surface area contributed by atoms with E-state index in [2.05, 4.69) is 0 Å². The van der Waals surface area contributed by atoms with Crippen LogP contribution in [0.1, 0.15) is 27.2 Å². The smallest absolute Gasteiger partial charge is 0.265 e. The normalized spacial score (nSPS) is 34.3. The van der Waals surface area contributed by atoms with Crippen LogP contribution < -0.4 is 0 Å². The van der Waals surface area contributed by atoms with Gasteiger partial charge in [-0.1, -0.05) is 6.92 Å². The Bertz CT molecular complexity index is 519. The molecule has 0 bridgehead atoms. The summed E-state index contributed by atoms with van der Waals surface area (Å²) in [4.78, 5) is 0. The molecule has 6 heteroatoms. The Balaban J connectivity index is 2.16. The van der Waals surface area contributed by atoms with Crippen LogP contribution >= 0.6 is 0 Å². The third-order valence-corrected chi connectivity index (χ3v) is 4.00. The predicted molar refractivity (Wildman–Crippen MR) is 70.8 cm³/mol. The minimum absolute atomic E-state index is 0.0994. The average Bonchev–Trinajstić information content (AvgIpc) is 2.54. The van der Waals surface area contributed by atoms with Gasteiger partial charge in [-0.15, -0.1) is 0 Å². The molecular formula is C13H20O5S. The van der Waals surface area contributed by atoms with Gasteiger partial charge in [0.15, 0.2) is 0 Å². The first-order chi connectivity index (χ1) is 8.74. The molecule has 0 aromatic heterocycles. The Morgan fingerprint density at radius 1 is 1.53 bits per heavy atom. The summed E-state index contributed by atoms with van der Waals surface area (Å²) < 4.78 is 39.0. The standard InChI is InChI=1S/C13H20O5S/c1-5-16-12-9(2)10-8-13(3,18-19(4,14)15)7-6-11(10)17-12/h6-7,9,12H,5,8H2,1-4H3. The Hall–Kier alpha value is -0.850. The van der Waals surface area contributed by atoms with E-state index in [0.29, 0.717) is 13.0 Å². The molecule has 0 amide bonds. The maximum Gasteiger partial charge on any atom is 0.265 e. The van der Waals surface area contributed by atoms with Gasteiger partial charge in [0, 0.05) is 18.9 Å². The van der Waals surface area contributed by atoms with Crippen LogP contribution in [0, 0.1) is 5.92 Å². The summed E-state index contributed by atoms with van der Waals surface area (Å²) in [6.07, 6.45) is 4.78. The van der Waals surface area contributed by atoms with Crippen molar-refractivity contribution in [2.45, 2.75) is 39.1 Å². The first-order valence-corrected chi connectivity index (χ1v) is 8.17. The van der Waals surface area contributed by atoms with Gasteiger partial charge in [-0.05, 0) is 31.6 Å². The quantitative estimate of drug-likeness (QED) is 0.740. The molecule has 0 aromatic carbocycles. The zero-order chi connectivity index (χ0) is 14.3. The highest BCUT2D eigenvalue weighted by Gasteiger charge is 2.41. The lowest BCUT2D eigenvalue weighted by Crippen LogP contribution is -2.32. The highest BCUT2D eigenvalue weighted by molar-refractivity contribution is 7.86. The highest BCUT2D eigenvalue weighted by atomic mass is 32.2. The molecule has 0 N–H and O–H groups in total. The Morgan fingerprint density at radius 3 is 2.79 bits per heavy atom. The molecule has 3 unspecified atom stereocenters. The van der Waals surface area contributed by atoms with E-state index in [0.717, 1.165) is 17.6 Å². The summed E-state index contributed by atoms with van der Waals surface area (Å²) in [7, 11) is -3.50. The first kappa shape index (κ1) is 14.6. The van der Waals surface area contributed by atoms with Crippen molar-refractivity contribution in [2.75, 3.05) is 12.9 Å². The number of hydrogen-bond acceptors (Lipinski definition) is 5. The van der Waals surface area contributed by atoms with E-state index >= 15 is 0 Å². The SMILES string of the molecule is CCOC1OC2=C(CC(C)(OS(C)(=O)=O)C=C2)C1C. The molecule has 5 nitrogen and oxygen atoms in total. The molecule has 0 radical (unpaired) electrons. The van der Waals surface area contributed by atoms with Gasteiger partial charge >= 0.3 is 0 Å². The van der Waals surface area contributed by atoms with Crippen LogP contribution in [0.2, 0.25) is 0 Å². The number of allylic oxidation sites excluding steroid dienone is 1. The maximum absolute atomic E-state index is 11.3. The predicted octanol–water partition coefficient (Wildman–Crippen LogP) is 1.96. The zero-order valence-electron chi connectivity index (χ0n) is 11.7. The lowest BCUT2D eigenvalue weighted by molar-refractivity contribution is -0.114. The van der Waals surface area contributed by atoms with Crippen molar-refractivity contribution in [3.63, 3.8) is 0 Å². The lowest BCUT2D eigenvalue weighted by Gasteiger charge is -2.28. The van der Waals surface area contributed by atoms with Crippen LogP contribution in [0.25, 0.3) is 0 Å². The summed E-state index contributed by atoms with van der Waals surface area (Å²) in [5, 5.41) is 0. The first-order valence-electron chi connectivity index (χ1n) is 6.35. The van der Waals surface area contributed by atoms with E-state index < -0.39 is 15.7 Å². The third-order valence-electron chi connectivity index (χ3n) is 3.32. The van der Waals surface area contributed by atoms with E-state index in [1.54, 1.807) is 19.1 Å². The second-order valence-corrected chi connectivity index (χ2v) is 6.80. The Labute approximate surface area is 114 Å². The van der Waals surface area contributed by atoms with Gasteiger partial charge in [0.25, 0.3) is 10.1 Å². The minimum atomic E-state index is -3.50. The Morgan fingerprint density at radius 2 is 2.21 bits per heavy atom. The van der Waals surface area contributed by atoms with E-state index in [9.17, 15) is 8.42 Å². The molecule has 19 heavy (non-hydrogen) atoms. The summed E-state index contributed by atoms with van der Waals surface area (Å²) in [6.45, 7) is 6.27. The molecule has 0 saturated heterocycles. The molecule has 2 aliphatic rings. The molecule has 0 spiro atoms. The second kappa shape index (κ2) is 4.92. The number of hydrogen-bond donors (Lipinski definition) is 0. The molecule has 0 saturated carbocycles. The average molecular weight is 288 g/mol. The van der Waals surface area contributed by atoms with Crippen molar-refractivity contribution in [1.29, 1.82) is 0 Å². The van der Waals surface area contributed by atoms with E-state index in [4.69, 9.17) is 13.7 Å². The summed E-state index contributed by atoms with van der Waals surface area (Å²) in [6, 6.07) is 0. The second-order valence-electron chi connectivity index (χ2n) is 5.23. The Kier molecular flexibility index (Phi) is 3.77. The van der Waals surface area contributed by atoms with Gasteiger partial charge in [-0.3, -0.25) is 4.18 Å². The van der Waals surface area contributed by atoms with E-state index in [-0.39, 0.29) is 12.2 Å². The summed E-state index contributed by atoms with van der Waals surface area (Å²) >= 11 is 0. The zero-order valence-corrected chi connectivity index (χ0v) is 12.5. The highest BCUT2D eigenvalue weighted by Crippen LogP contribution is 2.42. The fourth-order valence-electron chi connectivity index (χ4n) is 2.52. The molecule has 1 aliphatic heterocycles. The molecule has 0 fully saturated rings. The van der Waals surface area contributed by atoms with Crippen LogP contribution in [-0.4, -0.2) is 33.2 Å². The summed E-state index contributed by atoms with van der Waals surface area (Å²) in [5.41, 5.74) is 0.206. The van der Waals surface area contributed by atoms with Crippen molar-refractivity contribution in [3.8, 4) is 0 Å². The third kappa shape index (κ3) is 3.19. The van der Waals surface area contributed by atoms with E-state index in [1.165, 1.54) is 0 Å². The van der Waals surface area contributed by atoms with Gasteiger partial charge in [0.1, 0.15) is 11.4 Å². The molecule has 3 atom stereocenters. The van der Waals surface area contributed by atoms with Crippen LogP contribution in [-0.2, 0) is 23.8 Å². The van der Waals surface area contributed by atoms with Gasteiger partial charge in [-0.25, -0.2) is 0 Å². The largest absolute Gasteiger partial charge is 0.464 e. The summed E-state index contributed by atoms with van der Waals surface area (Å²) in [5.74, 6) is 0.878. The topological polar surface area (TPSA) is 61.8 Å². The molecule has 0 aromatic rings. The molecule has 108 valence electrons. The van der Waals surface area contributed by atoms with Crippen molar-refractivity contribution < 1.29 is 22.1 Å².